The number of carbonyl (C=O) groups excluding carboxylic acids is 3. The Morgan fingerprint density at radius 1 is 1.37 bits per heavy atom. The van der Waals surface area contributed by atoms with E-state index in [-0.39, 0.29) is 24.4 Å². The van der Waals surface area contributed by atoms with Crippen molar-refractivity contribution < 1.29 is 14.4 Å². The van der Waals surface area contributed by atoms with Crippen LogP contribution in [0.2, 0.25) is 0 Å². The number of nitrogens with zero attached hydrogens (tertiary/aromatic N) is 2. The number of rotatable bonds is 8. The first-order valence-electron chi connectivity index (χ1n) is 6.50. The van der Waals surface area contributed by atoms with Crippen LogP contribution in [-0.4, -0.2) is 67.9 Å². The lowest BCUT2D eigenvalue weighted by Crippen LogP contribution is -2.33. The molecule has 0 spiro atoms. The van der Waals surface area contributed by atoms with Gasteiger partial charge in [0.2, 0.25) is 11.8 Å². The molecule has 4 amide bonds. The fourth-order valence-corrected chi connectivity index (χ4v) is 1.79. The molecular formula is C12H22N4O3. The first kappa shape index (κ1) is 15.4. The van der Waals surface area contributed by atoms with Gasteiger partial charge in [-0.25, -0.2) is 4.79 Å². The van der Waals surface area contributed by atoms with Gasteiger partial charge in [-0.3, -0.25) is 14.5 Å². The predicted octanol–water partition coefficient (Wildman–Crippen LogP) is -0.614. The van der Waals surface area contributed by atoms with Crippen LogP contribution in [0.25, 0.3) is 0 Å². The molecule has 0 unspecified atom stereocenters. The number of amides is 4. The standard InChI is InChI=1S/C12H22N4O3/c1-15(2)7-4-6-13-10(17)5-3-8-16-11(18)9-14-12(16)19/h3-9H2,1-2H3,(H,13,17)(H,14,19). The van der Waals surface area contributed by atoms with Crippen molar-refractivity contribution in [1.29, 1.82) is 0 Å². The van der Waals surface area contributed by atoms with E-state index in [2.05, 4.69) is 15.5 Å². The molecule has 2 N–H and O–H groups in total. The fourth-order valence-electron chi connectivity index (χ4n) is 1.79. The quantitative estimate of drug-likeness (QED) is 0.455. The van der Waals surface area contributed by atoms with Crippen LogP contribution < -0.4 is 10.6 Å². The third kappa shape index (κ3) is 5.69. The lowest BCUT2D eigenvalue weighted by atomic mass is 10.2. The molecule has 0 bridgehead atoms. The van der Waals surface area contributed by atoms with Crippen LogP contribution in [0.3, 0.4) is 0 Å². The number of urea groups is 1. The highest BCUT2D eigenvalue weighted by atomic mass is 16.2. The second-order valence-electron chi connectivity index (χ2n) is 4.81. The normalized spacial score (nSPS) is 15.0. The molecule has 1 heterocycles. The molecule has 0 aromatic carbocycles. The topological polar surface area (TPSA) is 81.8 Å². The van der Waals surface area contributed by atoms with Crippen LogP contribution in [0.4, 0.5) is 4.79 Å². The zero-order chi connectivity index (χ0) is 14.3. The van der Waals surface area contributed by atoms with Crippen LogP contribution in [0.5, 0.6) is 0 Å². The summed E-state index contributed by atoms with van der Waals surface area (Å²) in [5.41, 5.74) is 0. The zero-order valence-corrected chi connectivity index (χ0v) is 11.6. The average molecular weight is 270 g/mol. The van der Waals surface area contributed by atoms with Gasteiger partial charge in [-0.1, -0.05) is 0 Å². The van der Waals surface area contributed by atoms with E-state index >= 15 is 0 Å². The van der Waals surface area contributed by atoms with Crippen molar-refractivity contribution in [2.45, 2.75) is 19.3 Å². The van der Waals surface area contributed by atoms with Crippen molar-refractivity contribution in [2.75, 3.05) is 40.3 Å². The summed E-state index contributed by atoms with van der Waals surface area (Å²) in [6, 6.07) is -0.364. The van der Waals surface area contributed by atoms with Crippen molar-refractivity contribution in [2.24, 2.45) is 0 Å². The number of nitrogens with one attached hydrogen (secondary N) is 2. The fraction of sp³-hybridized carbons (Fsp3) is 0.750. The summed E-state index contributed by atoms with van der Waals surface area (Å²) >= 11 is 0. The molecule has 1 aliphatic rings. The highest BCUT2D eigenvalue weighted by Gasteiger charge is 2.27. The molecular weight excluding hydrogens is 248 g/mol. The molecule has 1 aliphatic heterocycles. The molecule has 1 rings (SSSR count). The molecule has 108 valence electrons. The summed E-state index contributed by atoms with van der Waals surface area (Å²) in [7, 11) is 3.97. The first-order chi connectivity index (χ1) is 9.00. The van der Waals surface area contributed by atoms with Gasteiger partial charge in [0.1, 0.15) is 0 Å². The molecule has 7 heteroatoms. The molecule has 0 aromatic heterocycles. The smallest absolute Gasteiger partial charge is 0.324 e. The molecule has 1 saturated heterocycles. The maximum atomic E-state index is 11.5. The van der Waals surface area contributed by atoms with Crippen molar-refractivity contribution >= 4 is 17.8 Å². The Balaban J connectivity index is 2.07. The van der Waals surface area contributed by atoms with E-state index < -0.39 is 0 Å². The molecule has 0 aromatic rings. The summed E-state index contributed by atoms with van der Waals surface area (Å²) in [4.78, 5) is 37.2. The van der Waals surface area contributed by atoms with Crippen molar-refractivity contribution in [3.05, 3.63) is 0 Å². The Labute approximate surface area is 113 Å². The maximum absolute atomic E-state index is 11.5. The van der Waals surface area contributed by atoms with Gasteiger partial charge in [-0.05, 0) is 33.5 Å². The molecule has 0 aliphatic carbocycles. The van der Waals surface area contributed by atoms with Gasteiger partial charge in [-0.15, -0.1) is 0 Å². The van der Waals surface area contributed by atoms with Crippen LogP contribution in [0.15, 0.2) is 0 Å². The minimum Gasteiger partial charge on any atom is -0.356 e. The highest BCUT2D eigenvalue weighted by Crippen LogP contribution is 2.02. The Hall–Kier alpha value is -1.63. The Morgan fingerprint density at radius 3 is 2.68 bits per heavy atom. The largest absolute Gasteiger partial charge is 0.356 e. The van der Waals surface area contributed by atoms with Gasteiger partial charge in [0.25, 0.3) is 0 Å². The molecule has 0 atom stereocenters. The Bertz CT molecular complexity index is 328. The van der Waals surface area contributed by atoms with Crippen LogP contribution in [0, 0.1) is 0 Å². The lowest BCUT2D eigenvalue weighted by Gasteiger charge is -2.12. The van der Waals surface area contributed by atoms with Crippen LogP contribution in [-0.2, 0) is 9.59 Å². The van der Waals surface area contributed by atoms with Crippen LogP contribution in [0.1, 0.15) is 19.3 Å². The third-order valence-electron chi connectivity index (χ3n) is 2.83. The maximum Gasteiger partial charge on any atom is 0.324 e. The van der Waals surface area contributed by atoms with Gasteiger partial charge >= 0.3 is 6.03 Å². The summed E-state index contributed by atoms with van der Waals surface area (Å²) in [6.45, 7) is 1.95. The van der Waals surface area contributed by atoms with Gasteiger partial charge in [0.15, 0.2) is 0 Å². The second-order valence-corrected chi connectivity index (χ2v) is 4.81. The average Bonchev–Trinajstić information content (AvgIpc) is 2.66. The minimum absolute atomic E-state index is 0.0363. The van der Waals surface area contributed by atoms with Gasteiger partial charge < -0.3 is 15.5 Å². The van der Waals surface area contributed by atoms with Gasteiger partial charge in [0.05, 0.1) is 6.54 Å². The van der Waals surface area contributed by atoms with Crippen LogP contribution >= 0.6 is 0 Å². The van der Waals surface area contributed by atoms with Crippen molar-refractivity contribution in [1.82, 2.24) is 20.4 Å². The number of imide groups is 1. The van der Waals surface area contributed by atoms with E-state index in [1.807, 2.05) is 14.1 Å². The van der Waals surface area contributed by atoms with E-state index in [0.29, 0.717) is 25.9 Å². The third-order valence-corrected chi connectivity index (χ3v) is 2.83. The number of hydrogen-bond donors (Lipinski definition) is 2. The first-order valence-corrected chi connectivity index (χ1v) is 6.50. The monoisotopic (exact) mass is 270 g/mol. The van der Waals surface area contributed by atoms with Crippen molar-refractivity contribution in [3.8, 4) is 0 Å². The van der Waals surface area contributed by atoms with E-state index in [1.54, 1.807) is 0 Å². The highest BCUT2D eigenvalue weighted by molar-refractivity contribution is 6.01. The molecule has 7 nitrogen and oxygen atoms in total. The Morgan fingerprint density at radius 2 is 2.11 bits per heavy atom. The summed E-state index contributed by atoms with van der Waals surface area (Å²) in [6.07, 6.45) is 1.74. The molecule has 19 heavy (non-hydrogen) atoms. The molecule has 1 fully saturated rings. The van der Waals surface area contributed by atoms with Gasteiger partial charge in [0, 0.05) is 19.5 Å². The summed E-state index contributed by atoms with van der Waals surface area (Å²) in [5.74, 6) is -0.262. The SMILES string of the molecule is CN(C)CCCNC(=O)CCCN1C(=O)CNC1=O. The zero-order valence-electron chi connectivity index (χ0n) is 11.6. The lowest BCUT2D eigenvalue weighted by molar-refractivity contribution is -0.126. The van der Waals surface area contributed by atoms with E-state index in [9.17, 15) is 14.4 Å². The second kappa shape index (κ2) is 7.73. The number of hydrogen-bond acceptors (Lipinski definition) is 4. The van der Waals surface area contributed by atoms with Gasteiger partial charge in [-0.2, -0.15) is 0 Å². The summed E-state index contributed by atoms with van der Waals surface area (Å²) in [5, 5.41) is 5.26. The molecule has 0 radical (unpaired) electrons. The molecule has 0 saturated carbocycles. The number of carbonyl (C=O) groups is 3. The Kier molecular flexibility index (Phi) is 6.27. The minimum atomic E-state index is -0.364. The van der Waals surface area contributed by atoms with E-state index in [0.717, 1.165) is 17.9 Å². The summed E-state index contributed by atoms with van der Waals surface area (Å²) < 4.78 is 0. The van der Waals surface area contributed by atoms with Crippen molar-refractivity contribution in [3.63, 3.8) is 0 Å². The van der Waals surface area contributed by atoms with E-state index in [1.165, 1.54) is 0 Å². The van der Waals surface area contributed by atoms with E-state index in [4.69, 9.17) is 0 Å². The predicted molar refractivity (Wildman–Crippen MR) is 70.5 cm³/mol.